The maximum atomic E-state index is 11.5. The molecule has 1 aromatic heterocycles. The number of nitrogens with zero attached hydrogens (tertiary/aromatic N) is 2. The van der Waals surface area contributed by atoms with Gasteiger partial charge >= 0.3 is 6.03 Å². The highest BCUT2D eigenvalue weighted by molar-refractivity contribution is 6.05. The molecule has 0 aromatic carbocycles. The van der Waals surface area contributed by atoms with Gasteiger partial charge in [0.15, 0.2) is 0 Å². The summed E-state index contributed by atoms with van der Waals surface area (Å²) in [4.78, 5) is 28.0. The molecule has 84 valence electrons. The van der Waals surface area contributed by atoms with Crippen molar-refractivity contribution in [2.45, 2.75) is 13.0 Å². The van der Waals surface area contributed by atoms with Gasteiger partial charge in [0.2, 0.25) is 5.91 Å². The number of carbonyl (C=O) groups excluding carboxylic acids is 2. The summed E-state index contributed by atoms with van der Waals surface area (Å²) in [7, 11) is 0. The van der Waals surface area contributed by atoms with Gasteiger partial charge in [0.25, 0.3) is 0 Å². The van der Waals surface area contributed by atoms with Crippen molar-refractivity contribution in [3.63, 3.8) is 0 Å². The Balaban J connectivity index is 2.23. The topological polar surface area (TPSA) is 88.3 Å². The molecule has 0 aliphatic carbocycles. The van der Waals surface area contributed by atoms with Crippen LogP contribution in [0.2, 0.25) is 0 Å². The Labute approximate surface area is 92.4 Å². The summed E-state index contributed by atoms with van der Waals surface area (Å²) < 4.78 is 0. The summed E-state index contributed by atoms with van der Waals surface area (Å²) >= 11 is 0. The van der Waals surface area contributed by atoms with Gasteiger partial charge in [-0.25, -0.2) is 9.78 Å². The number of nitrogens with one attached hydrogen (secondary N) is 1. The van der Waals surface area contributed by atoms with Gasteiger partial charge in [0.1, 0.15) is 5.82 Å². The molecular formula is C10H12N4O2. The molecule has 1 aromatic rings. The summed E-state index contributed by atoms with van der Waals surface area (Å²) in [5.74, 6) is 0.268. The van der Waals surface area contributed by atoms with Crippen LogP contribution in [0.1, 0.15) is 12.0 Å². The maximum absolute atomic E-state index is 11.5. The summed E-state index contributed by atoms with van der Waals surface area (Å²) in [5, 5.41) is 2.24. The zero-order valence-corrected chi connectivity index (χ0v) is 8.64. The number of anilines is 1. The van der Waals surface area contributed by atoms with E-state index in [0.717, 1.165) is 5.56 Å². The van der Waals surface area contributed by atoms with E-state index in [1.165, 1.54) is 4.90 Å². The average Bonchev–Trinajstić information content (AvgIpc) is 2.29. The van der Waals surface area contributed by atoms with E-state index in [9.17, 15) is 9.59 Å². The lowest BCUT2D eigenvalue weighted by atomic mass is 10.2. The summed E-state index contributed by atoms with van der Waals surface area (Å²) in [5.41, 5.74) is 6.40. The molecule has 0 bridgehead atoms. The highest BCUT2D eigenvalue weighted by atomic mass is 16.2. The molecular weight excluding hydrogens is 208 g/mol. The number of hydrogen-bond acceptors (Lipinski definition) is 4. The number of nitrogens with two attached hydrogens (primary N) is 1. The molecule has 16 heavy (non-hydrogen) atoms. The van der Waals surface area contributed by atoms with Crippen molar-refractivity contribution in [1.29, 1.82) is 0 Å². The van der Waals surface area contributed by atoms with Gasteiger partial charge in [-0.2, -0.15) is 0 Å². The van der Waals surface area contributed by atoms with Crippen LogP contribution in [-0.2, 0) is 11.3 Å². The van der Waals surface area contributed by atoms with Gasteiger partial charge < -0.3 is 5.73 Å². The number of rotatable bonds is 2. The minimum Gasteiger partial charge on any atom is -0.326 e. The fourth-order valence-electron chi connectivity index (χ4n) is 1.52. The van der Waals surface area contributed by atoms with Crippen LogP contribution in [0.3, 0.4) is 0 Å². The van der Waals surface area contributed by atoms with Crippen molar-refractivity contribution < 1.29 is 9.59 Å². The zero-order chi connectivity index (χ0) is 11.5. The van der Waals surface area contributed by atoms with Crippen molar-refractivity contribution in [3.8, 4) is 0 Å². The molecule has 1 aliphatic heterocycles. The smallest absolute Gasteiger partial charge is 0.326 e. The fraction of sp³-hybridized carbons (Fsp3) is 0.300. The standard InChI is InChI=1S/C10H12N4O2/c11-6-7-1-3-12-8(5-7)14-4-2-9(15)13-10(14)16/h1,3,5H,2,4,6,11H2,(H,13,15,16). The van der Waals surface area contributed by atoms with Crippen LogP contribution in [0, 0.1) is 0 Å². The van der Waals surface area contributed by atoms with E-state index in [0.29, 0.717) is 25.3 Å². The van der Waals surface area contributed by atoms with Gasteiger partial charge in [-0.05, 0) is 17.7 Å². The molecule has 6 nitrogen and oxygen atoms in total. The molecule has 2 heterocycles. The number of urea groups is 1. The van der Waals surface area contributed by atoms with E-state index in [1.807, 2.05) is 0 Å². The van der Waals surface area contributed by atoms with Crippen molar-refractivity contribution in [1.82, 2.24) is 10.3 Å². The lowest BCUT2D eigenvalue weighted by Gasteiger charge is -2.25. The lowest BCUT2D eigenvalue weighted by Crippen LogP contribution is -2.49. The number of amides is 3. The number of pyridine rings is 1. The summed E-state index contributed by atoms with van der Waals surface area (Å²) in [6, 6.07) is 3.10. The quantitative estimate of drug-likeness (QED) is 0.733. The molecule has 0 spiro atoms. The minimum absolute atomic E-state index is 0.253. The van der Waals surface area contributed by atoms with E-state index in [2.05, 4.69) is 10.3 Å². The third-order valence-electron chi connectivity index (χ3n) is 2.38. The Morgan fingerprint density at radius 3 is 3.00 bits per heavy atom. The second-order valence-corrected chi connectivity index (χ2v) is 3.48. The molecule has 2 rings (SSSR count). The molecule has 0 radical (unpaired) electrons. The van der Waals surface area contributed by atoms with Crippen molar-refractivity contribution in [3.05, 3.63) is 23.9 Å². The second kappa shape index (κ2) is 4.28. The largest absolute Gasteiger partial charge is 0.329 e. The molecule has 3 N–H and O–H groups in total. The molecule has 0 saturated carbocycles. The lowest BCUT2D eigenvalue weighted by molar-refractivity contribution is -0.120. The number of imide groups is 1. The van der Waals surface area contributed by atoms with Crippen LogP contribution in [0.25, 0.3) is 0 Å². The monoisotopic (exact) mass is 220 g/mol. The Morgan fingerprint density at radius 1 is 1.50 bits per heavy atom. The second-order valence-electron chi connectivity index (χ2n) is 3.48. The molecule has 0 unspecified atom stereocenters. The molecule has 0 atom stereocenters. The average molecular weight is 220 g/mol. The van der Waals surface area contributed by atoms with E-state index in [-0.39, 0.29) is 5.91 Å². The van der Waals surface area contributed by atoms with Gasteiger partial charge in [-0.15, -0.1) is 0 Å². The molecule has 1 fully saturated rings. The van der Waals surface area contributed by atoms with E-state index in [4.69, 9.17) is 5.73 Å². The van der Waals surface area contributed by atoms with Gasteiger partial charge in [-0.1, -0.05) is 0 Å². The van der Waals surface area contributed by atoms with Crippen molar-refractivity contribution in [2.75, 3.05) is 11.4 Å². The van der Waals surface area contributed by atoms with Crippen LogP contribution >= 0.6 is 0 Å². The Kier molecular flexibility index (Phi) is 2.82. The third-order valence-corrected chi connectivity index (χ3v) is 2.38. The number of carbonyl (C=O) groups is 2. The zero-order valence-electron chi connectivity index (χ0n) is 8.64. The van der Waals surface area contributed by atoms with Crippen LogP contribution in [0.5, 0.6) is 0 Å². The third kappa shape index (κ3) is 2.01. The fourth-order valence-corrected chi connectivity index (χ4v) is 1.52. The summed E-state index contributed by atoms with van der Waals surface area (Å²) in [6.45, 7) is 0.746. The van der Waals surface area contributed by atoms with E-state index < -0.39 is 6.03 Å². The number of hydrogen-bond donors (Lipinski definition) is 2. The minimum atomic E-state index is -0.432. The molecule has 1 aliphatic rings. The van der Waals surface area contributed by atoms with E-state index >= 15 is 0 Å². The summed E-state index contributed by atoms with van der Waals surface area (Å²) in [6.07, 6.45) is 1.89. The van der Waals surface area contributed by atoms with E-state index in [1.54, 1.807) is 18.3 Å². The van der Waals surface area contributed by atoms with Crippen LogP contribution < -0.4 is 16.0 Å². The first kappa shape index (κ1) is 10.6. The highest BCUT2D eigenvalue weighted by Crippen LogP contribution is 2.15. The number of aromatic nitrogens is 1. The van der Waals surface area contributed by atoms with Gasteiger partial charge in [0, 0.05) is 25.7 Å². The predicted octanol–water partition coefficient (Wildman–Crippen LogP) is -0.0134. The Hall–Kier alpha value is -1.95. The van der Waals surface area contributed by atoms with Gasteiger partial charge in [-0.3, -0.25) is 15.0 Å². The molecule has 3 amide bonds. The van der Waals surface area contributed by atoms with Crippen molar-refractivity contribution in [2.24, 2.45) is 5.73 Å². The first-order chi connectivity index (χ1) is 7.70. The first-order valence-electron chi connectivity index (χ1n) is 4.97. The Bertz CT molecular complexity index is 433. The van der Waals surface area contributed by atoms with Crippen LogP contribution in [-0.4, -0.2) is 23.5 Å². The Morgan fingerprint density at radius 2 is 2.31 bits per heavy atom. The van der Waals surface area contributed by atoms with Crippen LogP contribution in [0.15, 0.2) is 18.3 Å². The first-order valence-corrected chi connectivity index (χ1v) is 4.97. The van der Waals surface area contributed by atoms with Crippen molar-refractivity contribution >= 4 is 17.8 Å². The van der Waals surface area contributed by atoms with Crippen LogP contribution in [0.4, 0.5) is 10.6 Å². The maximum Gasteiger partial charge on any atom is 0.329 e. The van der Waals surface area contributed by atoms with Gasteiger partial charge in [0.05, 0.1) is 0 Å². The SMILES string of the molecule is NCc1ccnc(N2CCC(=O)NC2=O)c1. The molecule has 1 saturated heterocycles. The predicted molar refractivity (Wildman–Crippen MR) is 57.6 cm³/mol. The highest BCUT2D eigenvalue weighted by Gasteiger charge is 2.24. The molecule has 6 heteroatoms. The normalized spacial score (nSPS) is 16.2.